The summed E-state index contributed by atoms with van der Waals surface area (Å²) in [4.78, 5) is 28.3. The number of hydrogen-bond donors (Lipinski definition) is 1. The molecule has 0 saturated heterocycles. The Kier molecular flexibility index (Phi) is 9.43. The van der Waals surface area contributed by atoms with E-state index < -0.39 is 23.5 Å². The van der Waals surface area contributed by atoms with E-state index in [9.17, 15) is 14.7 Å². The minimum atomic E-state index is -1.14. The van der Waals surface area contributed by atoms with E-state index in [1.165, 1.54) is 6.08 Å². The van der Waals surface area contributed by atoms with Gasteiger partial charge in [-0.1, -0.05) is 13.0 Å². The van der Waals surface area contributed by atoms with Crippen molar-refractivity contribution in [3.05, 3.63) is 35.5 Å². The summed E-state index contributed by atoms with van der Waals surface area (Å²) in [6, 6.07) is 0. The molecule has 0 saturated carbocycles. The molecule has 0 rings (SSSR count). The van der Waals surface area contributed by atoms with Gasteiger partial charge in [0, 0.05) is 14.1 Å². The van der Waals surface area contributed by atoms with Gasteiger partial charge in [0.1, 0.15) is 19.3 Å². The molecule has 1 N–H and O–H groups in total. The summed E-state index contributed by atoms with van der Waals surface area (Å²) >= 11 is 0. The van der Waals surface area contributed by atoms with Crippen LogP contribution >= 0.6 is 0 Å². The first-order valence-electron chi connectivity index (χ1n) is 7.58. The van der Waals surface area contributed by atoms with Crippen molar-refractivity contribution in [1.82, 2.24) is 4.90 Å². The molecule has 0 fully saturated rings. The van der Waals surface area contributed by atoms with Crippen molar-refractivity contribution in [2.24, 2.45) is 5.41 Å². The van der Waals surface area contributed by atoms with Crippen LogP contribution in [0.3, 0.4) is 0 Å². The number of hydrogen-bond acceptors (Lipinski definition) is 6. The number of nitrogens with zero attached hydrogens (tertiary/aromatic N) is 2. The Bertz CT molecular complexity index is 530. The molecule has 1 atom stereocenters. The van der Waals surface area contributed by atoms with E-state index in [0.29, 0.717) is 6.42 Å². The highest BCUT2D eigenvalue weighted by Crippen LogP contribution is 2.21. The molecule has 134 valence electrons. The third-order valence-corrected chi connectivity index (χ3v) is 3.22. The molecular weight excluding hydrogens is 312 g/mol. The van der Waals surface area contributed by atoms with E-state index in [4.69, 9.17) is 16.0 Å². The van der Waals surface area contributed by atoms with Crippen LogP contribution in [0.5, 0.6) is 0 Å². The average molecular weight is 338 g/mol. The Morgan fingerprint density at radius 3 is 2.38 bits per heavy atom. The fourth-order valence-corrected chi connectivity index (χ4v) is 1.26. The summed E-state index contributed by atoms with van der Waals surface area (Å²) in [5.41, 5.74) is -0.834. The second-order valence-electron chi connectivity index (χ2n) is 6.06. The normalized spacial score (nSPS) is 13.3. The van der Waals surface area contributed by atoms with Crippen molar-refractivity contribution >= 4 is 11.9 Å². The van der Waals surface area contributed by atoms with E-state index in [1.54, 1.807) is 45.1 Å². The lowest BCUT2D eigenvalue weighted by atomic mass is 9.91. The first-order valence-corrected chi connectivity index (χ1v) is 7.58. The lowest BCUT2D eigenvalue weighted by molar-refractivity contribution is -0.159. The van der Waals surface area contributed by atoms with Crippen LogP contribution in [0.25, 0.3) is 4.85 Å². The van der Waals surface area contributed by atoms with Crippen LogP contribution in [0.1, 0.15) is 27.2 Å². The quantitative estimate of drug-likeness (QED) is 0.299. The van der Waals surface area contributed by atoms with Crippen LogP contribution in [0.4, 0.5) is 0 Å². The Morgan fingerprint density at radius 1 is 1.29 bits per heavy atom. The standard InChI is InChI=1S/C17H26N2O5/c1-7-17(2,3)16(22)24-12-13(20)11-23-15(21)14(18-4)9-8-10-19(5)6/h8-10,13,20H,7,11-12H2,1-3,5-6H3/b10-8+,14-9-. The van der Waals surface area contributed by atoms with Crippen molar-refractivity contribution in [2.75, 3.05) is 27.3 Å². The lowest BCUT2D eigenvalue weighted by Crippen LogP contribution is -2.31. The molecule has 0 spiro atoms. The highest BCUT2D eigenvalue weighted by molar-refractivity contribution is 5.90. The predicted octanol–water partition coefficient (Wildman–Crippen LogP) is 1.75. The zero-order chi connectivity index (χ0) is 18.8. The Hall–Kier alpha value is -2.33. The minimum Gasteiger partial charge on any atom is -0.468 e. The minimum absolute atomic E-state index is 0.204. The van der Waals surface area contributed by atoms with Crippen LogP contribution in [0.15, 0.2) is 24.0 Å². The van der Waals surface area contributed by atoms with Gasteiger partial charge in [-0.2, -0.15) is 0 Å². The summed E-state index contributed by atoms with van der Waals surface area (Å²) in [5.74, 6) is -1.27. The summed E-state index contributed by atoms with van der Waals surface area (Å²) < 4.78 is 9.85. The number of carbonyl (C=O) groups is 2. The zero-order valence-electron chi connectivity index (χ0n) is 14.9. The van der Waals surface area contributed by atoms with E-state index in [1.807, 2.05) is 6.92 Å². The summed E-state index contributed by atoms with van der Waals surface area (Å²) in [6.45, 7) is 11.7. The van der Waals surface area contributed by atoms with Crippen LogP contribution in [0, 0.1) is 12.0 Å². The molecule has 1 unspecified atom stereocenters. The second-order valence-corrected chi connectivity index (χ2v) is 6.06. The summed E-state index contributed by atoms with van der Waals surface area (Å²) in [6.07, 6.45) is 4.00. The summed E-state index contributed by atoms with van der Waals surface area (Å²) in [7, 11) is 3.61. The number of esters is 2. The molecule has 7 heteroatoms. The second kappa shape index (κ2) is 10.4. The fraction of sp³-hybridized carbons (Fsp3) is 0.588. The van der Waals surface area contributed by atoms with Gasteiger partial charge in [-0.05, 0) is 32.5 Å². The van der Waals surface area contributed by atoms with E-state index in [-0.39, 0.29) is 18.9 Å². The number of aliphatic hydroxyl groups is 1. The Labute approximate surface area is 143 Å². The number of allylic oxidation sites excluding steroid dienone is 2. The molecule has 0 aromatic heterocycles. The average Bonchev–Trinajstić information content (AvgIpc) is 2.53. The molecule has 0 amide bonds. The fourth-order valence-electron chi connectivity index (χ4n) is 1.26. The molecule has 24 heavy (non-hydrogen) atoms. The molecule has 0 bridgehead atoms. The van der Waals surface area contributed by atoms with Gasteiger partial charge in [0.25, 0.3) is 5.70 Å². The molecule has 0 aliphatic heterocycles. The maximum atomic E-state index is 11.8. The molecule has 7 nitrogen and oxygen atoms in total. The highest BCUT2D eigenvalue weighted by Gasteiger charge is 2.27. The van der Waals surface area contributed by atoms with Crippen molar-refractivity contribution in [1.29, 1.82) is 0 Å². The number of ether oxygens (including phenoxy) is 2. The van der Waals surface area contributed by atoms with Crippen molar-refractivity contribution in [3.63, 3.8) is 0 Å². The Balaban J connectivity index is 4.39. The van der Waals surface area contributed by atoms with Gasteiger partial charge in [-0.25, -0.2) is 4.85 Å². The molecular formula is C17H26N2O5. The van der Waals surface area contributed by atoms with E-state index >= 15 is 0 Å². The third kappa shape index (κ3) is 8.34. The van der Waals surface area contributed by atoms with Gasteiger partial charge < -0.3 is 19.5 Å². The molecule has 0 aromatic rings. The number of carbonyl (C=O) groups excluding carboxylic acids is 2. The van der Waals surface area contributed by atoms with Crippen molar-refractivity contribution in [2.45, 2.75) is 33.3 Å². The monoisotopic (exact) mass is 338 g/mol. The third-order valence-electron chi connectivity index (χ3n) is 3.22. The van der Waals surface area contributed by atoms with Gasteiger partial charge in [0.15, 0.2) is 0 Å². The molecule has 0 radical (unpaired) electrons. The Morgan fingerprint density at radius 2 is 1.88 bits per heavy atom. The number of rotatable bonds is 9. The van der Waals surface area contributed by atoms with E-state index in [2.05, 4.69) is 4.85 Å². The highest BCUT2D eigenvalue weighted by atomic mass is 16.6. The van der Waals surface area contributed by atoms with Crippen molar-refractivity contribution in [3.8, 4) is 0 Å². The van der Waals surface area contributed by atoms with Crippen LogP contribution in [-0.2, 0) is 19.1 Å². The van der Waals surface area contributed by atoms with Crippen LogP contribution in [-0.4, -0.2) is 55.4 Å². The van der Waals surface area contributed by atoms with Gasteiger partial charge in [-0.15, -0.1) is 0 Å². The van der Waals surface area contributed by atoms with Gasteiger partial charge in [0.05, 0.1) is 12.0 Å². The van der Waals surface area contributed by atoms with Crippen LogP contribution in [0.2, 0.25) is 0 Å². The molecule has 0 aromatic carbocycles. The molecule has 0 aliphatic rings. The predicted molar refractivity (Wildman–Crippen MR) is 89.5 cm³/mol. The zero-order valence-corrected chi connectivity index (χ0v) is 14.9. The molecule has 0 aliphatic carbocycles. The maximum absolute atomic E-state index is 11.8. The van der Waals surface area contributed by atoms with Crippen LogP contribution < -0.4 is 0 Å². The molecule has 0 heterocycles. The van der Waals surface area contributed by atoms with Gasteiger partial charge in [0.2, 0.25) is 0 Å². The lowest BCUT2D eigenvalue weighted by Gasteiger charge is -2.21. The maximum Gasteiger partial charge on any atom is 0.336 e. The van der Waals surface area contributed by atoms with Gasteiger partial charge in [-0.3, -0.25) is 9.59 Å². The SMILES string of the molecule is [C-]#[N+]/C(=C\C=C\N(C)C)C(=O)OCC(O)COC(=O)C(C)(C)CC. The van der Waals surface area contributed by atoms with Crippen molar-refractivity contribution < 1.29 is 24.2 Å². The summed E-state index contributed by atoms with van der Waals surface area (Å²) in [5, 5.41) is 9.72. The van der Waals surface area contributed by atoms with E-state index in [0.717, 1.165) is 0 Å². The topological polar surface area (TPSA) is 80.4 Å². The van der Waals surface area contributed by atoms with Gasteiger partial charge >= 0.3 is 11.9 Å². The smallest absolute Gasteiger partial charge is 0.336 e. The number of aliphatic hydroxyl groups excluding tert-OH is 1. The largest absolute Gasteiger partial charge is 0.468 e. The first-order chi connectivity index (χ1) is 11.1. The first kappa shape index (κ1) is 21.7.